The number of rotatable bonds is 3. The smallest absolute Gasteiger partial charge is 0.202 e. The van der Waals surface area contributed by atoms with Crippen LogP contribution in [0.15, 0.2) is 36.5 Å². The summed E-state index contributed by atoms with van der Waals surface area (Å²) in [6.45, 7) is 3.62. The minimum atomic E-state index is 0. The largest absolute Gasteiger partial charge is 0.375 e. The normalized spacial score (nSPS) is 23.8. The summed E-state index contributed by atoms with van der Waals surface area (Å²) in [6.07, 6.45) is 5.11. The van der Waals surface area contributed by atoms with Gasteiger partial charge in [0.05, 0.1) is 18.4 Å². The van der Waals surface area contributed by atoms with Gasteiger partial charge in [-0.1, -0.05) is 6.07 Å². The number of aryl methyl sites for hydroxylation is 1. The van der Waals surface area contributed by atoms with Crippen molar-refractivity contribution in [2.45, 2.75) is 44.2 Å². The van der Waals surface area contributed by atoms with Crippen LogP contribution in [0.2, 0.25) is 0 Å². The highest BCUT2D eigenvalue weighted by Crippen LogP contribution is 2.35. The topological polar surface area (TPSA) is 90.6 Å². The maximum absolute atomic E-state index is 5.93. The summed E-state index contributed by atoms with van der Waals surface area (Å²) in [6, 6.07) is 10.0. The number of nitrogens with zero attached hydrogens (tertiary/aromatic N) is 6. The van der Waals surface area contributed by atoms with Crippen LogP contribution in [0.5, 0.6) is 0 Å². The highest BCUT2D eigenvalue weighted by Gasteiger charge is 2.36. The van der Waals surface area contributed by atoms with Gasteiger partial charge < -0.3 is 10.1 Å². The van der Waals surface area contributed by atoms with Crippen LogP contribution >= 0.6 is 12.4 Å². The molecule has 0 bridgehead atoms. The van der Waals surface area contributed by atoms with Crippen molar-refractivity contribution in [2.75, 3.05) is 13.2 Å². The number of hydrogen-bond donors (Lipinski definition) is 1. The van der Waals surface area contributed by atoms with Crippen LogP contribution in [0.25, 0.3) is 17.3 Å². The second kappa shape index (κ2) is 8.52. The minimum absolute atomic E-state index is 0. The molecule has 0 unspecified atom stereocenters. The fraction of sp³-hybridized carbons (Fsp3) is 0.450. The molecule has 1 aliphatic carbocycles. The van der Waals surface area contributed by atoms with E-state index in [4.69, 9.17) is 14.8 Å². The van der Waals surface area contributed by atoms with Crippen molar-refractivity contribution in [3.05, 3.63) is 48.0 Å². The van der Waals surface area contributed by atoms with Gasteiger partial charge in [-0.15, -0.1) is 22.6 Å². The number of ether oxygens (including phenoxy) is 1. The van der Waals surface area contributed by atoms with E-state index in [-0.39, 0.29) is 18.3 Å². The van der Waals surface area contributed by atoms with Crippen molar-refractivity contribution < 1.29 is 4.74 Å². The number of morpholine rings is 1. The third kappa shape index (κ3) is 4.01. The van der Waals surface area contributed by atoms with Crippen molar-refractivity contribution >= 4 is 12.4 Å². The number of aromatic nitrogens is 6. The van der Waals surface area contributed by atoms with Crippen LogP contribution in [-0.2, 0) is 4.74 Å². The van der Waals surface area contributed by atoms with Crippen LogP contribution in [0.1, 0.15) is 36.7 Å². The van der Waals surface area contributed by atoms with Crippen molar-refractivity contribution in [3.63, 3.8) is 0 Å². The average molecular weight is 414 g/mol. The van der Waals surface area contributed by atoms with E-state index < -0.39 is 0 Å². The lowest BCUT2D eigenvalue weighted by molar-refractivity contribution is -0.0280. The maximum atomic E-state index is 5.93. The highest BCUT2D eigenvalue weighted by molar-refractivity contribution is 5.85. The average Bonchev–Trinajstić information content (AvgIpc) is 3.20. The number of fused-ring (bicyclic) bond motifs is 1. The van der Waals surface area contributed by atoms with Crippen molar-refractivity contribution in [1.82, 2.24) is 35.3 Å². The third-order valence-electron chi connectivity index (χ3n) is 5.52. The van der Waals surface area contributed by atoms with Gasteiger partial charge in [0.1, 0.15) is 11.5 Å². The van der Waals surface area contributed by atoms with Crippen LogP contribution in [0.3, 0.4) is 0 Å². The van der Waals surface area contributed by atoms with Crippen LogP contribution in [0.4, 0.5) is 0 Å². The molecule has 0 spiro atoms. The molecule has 5 rings (SSSR count). The van der Waals surface area contributed by atoms with Crippen molar-refractivity contribution in [2.24, 2.45) is 0 Å². The summed E-state index contributed by atoms with van der Waals surface area (Å²) in [4.78, 5) is 9.38. The van der Waals surface area contributed by atoms with Crippen LogP contribution < -0.4 is 5.32 Å². The number of nitrogens with one attached hydrogen (secondary N) is 1. The monoisotopic (exact) mass is 413 g/mol. The zero-order valence-electron chi connectivity index (χ0n) is 16.2. The number of pyridine rings is 1. The van der Waals surface area contributed by atoms with E-state index in [1.54, 1.807) is 6.20 Å². The van der Waals surface area contributed by atoms with Crippen LogP contribution in [0, 0.1) is 6.92 Å². The van der Waals surface area contributed by atoms with Gasteiger partial charge in [0, 0.05) is 24.7 Å². The number of halogens is 1. The first-order chi connectivity index (χ1) is 13.8. The highest BCUT2D eigenvalue weighted by atomic mass is 35.5. The van der Waals surface area contributed by atoms with Gasteiger partial charge in [-0.05, 0) is 50.5 Å². The Morgan fingerprint density at radius 3 is 2.86 bits per heavy atom. The first-order valence-corrected chi connectivity index (χ1v) is 9.82. The van der Waals surface area contributed by atoms with Gasteiger partial charge in [-0.25, -0.2) is 9.97 Å². The summed E-state index contributed by atoms with van der Waals surface area (Å²) in [7, 11) is 0. The Labute approximate surface area is 175 Å². The molecule has 0 radical (unpaired) electrons. The molecule has 0 aromatic carbocycles. The molecule has 2 aliphatic rings. The molecule has 9 heteroatoms. The minimum Gasteiger partial charge on any atom is -0.375 e. The Kier molecular flexibility index (Phi) is 5.84. The lowest BCUT2D eigenvalue weighted by Gasteiger charge is -2.39. The third-order valence-corrected chi connectivity index (χ3v) is 5.52. The molecule has 0 amide bonds. The molecule has 1 saturated heterocycles. The lowest BCUT2D eigenvalue weighted by Crippen LogP contribution is -2.51. The van der Waals surface area contributed by atoms with E-state index in [2.05, 4.69) is 20.5 Å². The van der Waals surface area contributed by atoms with Crippen molar-refractivity contribution in [1.29, 1.82) is 0 Å². The van der Waals surface area contributed by atoms with E-state index >= 15 is 0 Å². The van der Waals surface area contributed by atoms with Crippen molar-refractivity contribution in [3.8, 4) is 17.3 Å². The number of hydrogen-bond acceptors (Lipinski definition) is 7. The maximum Gasteiger partial charge on any atom is 0.202 e. The Morgan fingerprint density at radius 2 is 2.07 bits per heavy atom. The fourth-order valence-corrected chi connectivity index (χ4v) is 4.11. The van der Waals surface area contributed by atoms with E-state index in [9.17, 15) is 0 Å². The second-order valence-electron chi connectivity index (χ2n) is 7.43. The molecule has 152 valence electrons. The first-order valence-electron chi connectivity index (χ1n) is 9.82. The molecule has 2 fully saturated rings. The molecule has 1 saturated carbocycles. The molecular formula is C20H24ClN7O. The summed E-state index contributed by atoms with van der Waals surface area (Å²) >= 11 is 0. The molecule has 1 N–H and O–H groups in total. The predicted octanol–water partition coefficient (Wildman–Crippen LogP) is 2.47. The Balaban J connectivity index is 0.00000205. The summed E-state index contributed by atoms with van der Waals surface area (Å²) < 4.78 is 7.80. The molecule has 29 heavy (non-hydrogen) atoms. The zero-order chi connectivity index (χ0) is 18.9. The Bertz CT molecular complexity index is 947. The Hall–Kier alpha value is -2.42. The molecule has 3 aromatic rings. The molecule has 1 aliphatic heterocycles. The van der Waals surface area contributed by atoms with Gasteiger partial charge in [0.2, 0.25) is 5.82 Å². The molecular weight excluding hydrogens is 390 g/mol. The zero-order valence-corrected chi connectivity index (χ0v) is 17.0. The summed E-state index contributed by atoms with van der Waals surface area (Å²) in [5, 5.41) is 16.8. The van der Waals surface area contributed by atoms with Crippen LogP contribution in [-0.4, -0.2) is 55.2 Å². The SMILES string of the molecule is Cc1ccc(-c2nc([C@H]3CC[C@H]4OCCN[C@@H]4C3)n(-c3ccccn3)n2)nn1.Cl. The second-order valence-corrected chi connectivity index (χ2v) is 7.43. The van der Waals surface area contributed by atoms with Gasteiger partial charge in [0.15, 0.2) is 5.82 Å². The molecule has 3 atom stereocenters. The fourth-order valence-electron chi connectivity index (χ4n) is 4.11. The van der Waals surface area contributed by atoms with E-state index in [0.717, 1.165) is 49.8 Å². The van der Waals surface area contributed by atoms with E-state index in [0.29, 0.717) is 23.7 Å². The standard InChI is InChI=1S/C20H23N7O.ClH/c1-13-5-7-15(25-24-13)19-23-20(27(26-19)18-4-2-3-9-22-18)14-6-8-17-16(12-14)21-10-11-28-17;/h2-5,7,9,14,16-17,21H,6,8,10-12H2,1H3;1H/t14-,16+,17+;/m0./s1. The molecule has 4 heterocycles. The summed E-state index contributed by atoms with van der Waals surface area (Å²) in [5.74, 6) is 2.58. The van der Waals surface area contributed by atoms with Gasteiger partial charge in [-0.3, -0.25) is 0 Å². The summed E-state index contributed by atoms with van der Waals surface area (Å²) in [5.41, 5.74) is 1.55. The van der Waals surface area contributed by atoms with E-state index in [1.165, 1.54) is 0 Å². The van der Waals surface area contributed by atoms with Gasteiger partial charge >= 0.3 is 0 Å². The Morgan fingerprint density at radius 1 is 1.14 bits per heavy atom. The van der Waals surface area contributed by atoms with Gasteiger partial charge in [-0.2, -0.15) is 9.78 Å². The van der Waals surface area contributed by atoms with E-state index in [1.807, 2.05) is 41.9 Å². The lowest BCUT2D eigenvalue weighted by atomic mass is 9.82. The molecule has 8 nitrogen and oxygen atoms in total. The molecule has 3 aromatic heterocycles. The quantitative estimate of drug-likeness (QED) is 0.705. The predicted molar refractivity (Wildman–Crippen MR) is 110 cm³/mol. The first kappa shape index (κ1) is 19.9. The van der Waals surface area contributed by atoms with Gasteiger partial charge in [0.25, 0.3) is 0 Å².